The average Bonchev–Trinajstić information content (AvgIpc) is 3.17. The first-order chi connectivity index (χ1) is 10.0. The van der Waals surface area contributed by atoms with Crippen LogP contribution in [0.1, 0.15) is 42.6 Å². The first-order valence-corrected chi connectivity index (χ1v) is 9.73. The van der Waals surface area contributed by atoms with E-state index in [0.29, 0.717) is 5.92 Å². The number of thioether (sulfide) groups is 1. The summed E-state index contributed by atoms with van der Waals surface area (Å²) in [5.74, 6) is 3.37. The van der Waals surface area contributed by atoms with Gasteiger partial charge in [-0.15, -0.1) is 11.3 Å². The number of hydrogen-bond donors (Lipinski definition) is 1. The molecule has 0 saturated carbocycles. The van der Waals surface area contributed by atoms with Gasteiger partial charge in [-0.25, -0.2) is 0 Å². The van der Waals surface area contributed by atoms with Crippen LogP contribution in [0.2, 0.25) is 0 Å². The normalized spacial score (nSPS) is 33.1. The van der Waals surface area contributed by atoms with E-state index in [1.807, 2.05) is 18.7 Å². The molecule has 116 valence electrons. The summed E-state index contributed by atoms with van der Waals surface area (Å²) < 4.78 is 0. The average molecular weight is 325 g/mol. The zero-order valence-electron chi connectivity index (χ0n) is 13.0. The van der Waals surface area contributed by atoms with Crippen LogP contribution in [0.15, 0.2) is 12.1 Å². The van der Waals surface area contributed by atoms with Crippen molar-refractivity contribution in [3.63, 3.8) is 0 Å². The summed E-state index contributed by atoms with van der Waals surface area (Å²) in [7, 11) is 0. The molecule has 3 atom stereocenters. The number of nitrogens with zero attached hydrogens (tertiary/aromatic N) is 1. The predicted molar refractivity (Wildman–Crippen MR) is 90.8 cm³/mol. The molecule has 21 heavy (non-hydrogen) atoms. The Kier molecular flexibility index (Phi) is 4.35. The van der Waals surface area contributed by atoms with Crippen molar-refractivity contribution in [1.29, 1.82) is 0 Å². The summed E-state index contributed by atoms with van der Waals surface area (Å²) in [5.41, 5.74) is -0.408. The van der Waals surface area contributed by atoms with Crippen LogP contribution in [0.3, 0.4) is 0 Å². The Balaban J connectivity index is 1.85. The molecule has 2 aliphatic rings. The molecule has 3 nitrogen and oxygen atoms in total. The zero-order valence-corrected chi connectivity index (χ0v) is 14.6. The fraction of sp³-hybridized carbons (Fsp3) is 0.688. The highest BCUT2D eigenvalue weighted by Crippen LogP contribution is 2.37. The first kappa shape index (κ1) is 15.4. The topological polar surface area (TPSA) is 32.3 Å². The van der Waals surface area contributed by atoms with Gasteiger partial charge in [-0.2, -0.15) is 11.8 Å². The minimum absolute atomic E-state index is 0.0618. The molecule has 1 aromatic rings. The number of carbonyl (C=O) groups is 1. The molecular weight excluding hydrogens is 300 g/mol. The Morgan fingerprint density at radius 2 is 2.29 bits per heavy atom. The maximum atomic E-state index is 12.9. The molecule has 0 spiro atoms. The maximum absolute atomic E-state index is 12.9. The van der Waals surface area contributed by atoms with Gasteiger partial charge in [0.05, 0.1) is 5.54 Å². The smallest absolute Gasteiger partial charge is 0.244 e. The standard InChI is InChI=1S/C16H24N2OS2/c1-4-16(3)15(19)18(9-12-7-8-20-10-12)14(17-16)13-6-5-11(2)21-13/h5-6,12,14,17H,4,7-10H2,1-3H3. The Hall–Kier alpha value is -0.520. The second kappa shape index (κ2) is 5.94. The number of carbonyl (C=O) groups excluding carboxylic acids is 1. The molecule has 0 bridgehead atoms. The molecule has 3 unspecified atom stereocenters. The molecule has 5 heteroatoms. The van der Waals surface area contributed by atoms with Gasteiger partial charge in [0.15, 0.2) is 0 Å². The maximum Gasteiger partial charge on any atom is 0.244 e. The third-order valence-electron chi connectivity index (χ3n) is 4.72. The Bertz CT molecular complexity index is 524. The molecule has 2 aliphatic heterocycles. The van der Waals surface area contributed by atoms with E-state index < -0.39 is 5.54 Å². The second-order valence-corrected chi connectivity index (χ2v) is 8.84. The minimum atomic E-state index is -0.408. The zero-order chi connectivity index (χ0) is 15.0. The van der Waals surface area contributed by atoms with Crippen LogP contribution in [0.4, 0.5) is 0 Å². The molecule has 3 rings (SSSR count). The summed E-state index contributed by atoms with van der Waals surface area (Å²) >= 11 is 3.82. The van der Waals surface area contributed by atoms with Crippen LogP contribution in [0, 0.1) is 12.8 Å². The van der Waals surface area contributed by atoms with Gasteiger partial charge >= 0.3 is 0 Å². The van der Waals surface area contributed by atoms with Crippen LogP contribution in [0.25, 0.3) is 0 Å². The van der Waals surface area contributed by atoms with E-state index in [0.717, 1.165) is 13.0 Å². The molecule has 1 amide bonds. The summed E-state index contributed by atoms with van der Waals surface area (Å²) in [5, 5.41) is 3.60. The van der Waals surface area contributed by atoms with E-state index >= 15 is 0 Å². The van der Waals surface area contributed by atoms with Crippen LogP contribution < -0.4 is 5.32 Å². The van der Waals surface area contributed by atoms with Gasteiger partial charge in [0.1, 0.15) is 6.17 Å². The van der Waals surface area contributed by atoms with E-state index in [1.54, 1.807) is 11.3 Å². The molecule has 0 aromatic carbocycles. The first-order valence-electron chi connectivity index (χ1n) is 7.76. The monoisotopic (exact) mass is 324 g/mol. The number of rotatable bonds is 4. The van der Waals surface area contributed by atoms with Gasteiger partial charge < -0.3 is 4.90 Å². The molecule has 2 saturated heterocycles. The number of nitrogens with one attached hydrogen (secondary N) is 1. The fourth-order valence-electron chi connectivity index (χ4n) is 3.15. The lowest BCUT2D eigenvalue weighted by Gasteiger charge is -2.26. The summed E-state index contributed by atoms with van der Waals surface area (Å²) in [6.45, 7) is 7.17. The number of thiophene rings is 1. The fourth-order valence-corrected chi connectivity index (χ4v) is 5.36. The van der Waals surface area contributed by atoms with Crippen molar-refractivity contribution in [2.45, 2.75) is 45.3 Å². The van der Waals surface area contributed by atoms with Gasteiger partial charge in [0, 0.05) is 16.3 Å². The third kappa shape index (κ3) is 2.88. The van der Waals surface area contributed by atoms with E-state index in [4.69, 9.17) is 0 Å². The van der Waals surface area contributed by atoms with Crippen molar-refractivity contribution >= 4 is 29.0 Å². The quantitative estimate of drug-likeness (QED) is 0.921. The molecule has 1 aromatic heterocycles. The highest BCUT2D eigenvalue weighted by atomic mass is 32.2. The summed E-state index contributed by atoms with van der Waals surface area (Å²) in [6, 6.07) is 4.32. The van der Waals surface area contributed by atoms with Gasteiger partial charge in [-0.05, 0) is 56.2 Å². The molecule has 3 heterocycles. The highest BCUT2D eigenvalue weighted by molar-refractivity contribution is 7.99. The van der Waals surface area contributed by atoms with E-state index in [9.17, 15) is 4.79 Å². The Morgan fingerprint density at radius 1 is 1.48 bits per heavy atom. The lowest BCUT2D eigenvalue weighted by atomic mass is 9.99. The van der Waals surface area contributed by atoms with E-state index in [1.165, 1.54) is 27.7 Å². The number of hydrogen-bond acceptors (Lipinski definition) is 4. The van der Waals surface area contributed by atoms with Gasteiger partial charge in [-0.1, -0.05) is 6.92 Å². The van der Waals surface area contributed by atoms with Crippen LogP contribution in [-0.2, 0) is 4.79 Å². The van der Waals surface area contributed by atoms with Crippen LogP contribution in [0.5, 0.6) is 0 Å². The SMILES string of the molecule is CCC1(C)NC(c2ccc(C)s2)N(CC2CCSC2)C1=O. The largest absolute Gasteiger partial charge is 0.320 e. The molecule has 2 fully saturated rings. The molecule has 0 aliphatic carbocycles. The number of aryl methyl sites for hydroxylation is 1. The van der Waals surface area contributed by atoms with Crippen LogP contribution >= 0.6 is 23.1 Å². The summed E-state index contributed by atoms with van der Waals surface area (Å²) in [6.07, 6.45) is 2.14. The van der Waals surface area contributed by atoms with Gasteiger partial charge in [0.2, 0.25) is 5.91 Å². The van der Waals surface area contributed by atoms with Crippen molar-refractivity contribution in [3.8, 4) is 0 Å². The molecular formula is C16H24N2OS2. The minimum Gasteiger partial charge on any atom is -0.320 e. The number of amides is 1. The van der Waals surface area contributed by atoms with E-state index in [2.05, 4.69) is 36.2 Å². The highest BCUT2D eigenvalue weighted by Gasteiger charge is 2.48. The third-order valence-corrected chi connectivity index (χ3v) is 7.00. The molecule has 0 radical (unpaired) electrons. The lowest BCUT2D eigenvalue weighted by molar-refractivity contribution is -0.133. The van der Waals surface area contributed by atoms with E-state index in [-0.39, 0.29) is 12.1 Å². The van der Waals surface area contributed by atoms with Crippen molar-refractivity contribution in [2.24, 2.45) is 5.92 Å². The van der Waals surface area contributed by atoms with Crippen molar-refractivity contribution in [3.05, 3.63) is 21.9 Å². The predicted octanol–water partition coefficient (Wildman–Crippen LogP) is 3.41. The lowest BCUT2D eigenvalue weighted by Crippen LogP contribution is -2.43. The van der Waals surface area contributed by atoms with Gasteiger partial charge in [-0.3, -0.25) is 10.1 Å². The van der Waals surface area contributed by atoms with Crippen molar-refractivity contribution < 1.29 is 4.79 Å². The van der Waals surface area contributed by atoms with Gasteiger partial charge in [0.25, 0.3) is 0 Å². The molecule has 1 N–H and O–H groups in total. The van der Waals surface area contributed by atoms with Crippen molar-refractivity contribution in [1.82, 2.24) is 10.2 Å². The summed E-state index contributed by atoms with van der Waals surface area (Å²) in [4.78, 5) is 17.6. The Morgan fingerprint density at radius 3 is 2.86 bits per heavy atom. The van der Waals surface area contributed by atoms with Crippen molar-refractivity contribution in [2.75, 3.05) is 18.1 Å². The second-order valence-electron chi connectivity index (χ2n) is 6.37. The van der Waals surface area contributed by atoms with Crippen LogP contribution in [-0.4, -0.2) is 34.4 Å². The Labute approximate surface area is 135 Å².